The smallest absolute Gasteiger partial charge is 0.338 e. The number of fused-ring (bicyclic) bond motifs is 1. The molecule has 0 unspecified atom stereocenters. The highest BCUT2D eigenvalue weighted by Gasteiger charge is 2.26. The van der Waals surface area contributed by atoms with Crippen LogP contribution in [-0.4, -0.2) is 35.0 Å². The lowest BCUT2D eigenvalue weighted by atomic mass is 10.0. The first-order valence-electron chi connectivity index (χ1n) is 9.45. The average molecular weight is 443 g/mol. The first-order valence-corrected chi connectivity index (χ1v) is 10.6. The lowest BCUT2D eigenvalue weighted by Gasteiger charge is -2.28. The fraction of sp³-hybridized carbons (Fsp3) is 0.174. The molecular formula is C23H20ClFN2O2S. The van der Waals surface area contributed by atoms with Gasteiger partial charge in [-0.25, -0.2) is 13.5 Å². The van der Waals surface area contributed by atoms with Crippen molar-refractivity contribution in [2.24, 2.45) is 0 Å². The van der Waals surface area contributed by atoms with Crippen molar-refractivity contribution in [3.05, 3.63) is 77.1 Å². The van der Waals surface area contributed by atoms with Crippen LogP contribution in [0.4, 0.5) is 15.8 Å². The second kappa shape index (κ2) is 8.30. The number of carboxylic acid groups (broad SMARTS) is 1. The molecule has 4 rings (SSSR count). The van der Waals surface area contributed by atoms with Gasteiger partial charge in [0.05, 0.1) is 16.3 Å². The zero-order chi connectivity index (χ0) is 21.4. The number of nitrogens with zero attached hydrogens (tertiary/aromatic N) is 2. The minimum atomic E-state index is -1.31. The third kappa shape index (κ3) is 3.90. The molecule has 30 heavy (non-hydrogen) atoms. The Morgan fingerprint density at radius 2 is 1.90 bits per heavy atom. The molecule has 3 aromatic carbocycles. The van der Waals surface area contributed by atoms with E-state index in [0.29, 0.717) is 16.1 Å². The lowest BCUT2D eigenvalue weighted by Crippen LogP contribution is -2.32. The van der Waals surface area contributed by atoms with Gasteiger partial charge in [-0.1, -0.05) is 35.9 Å². The van der Waals surface area contributed by atoms with Gasteiger partial charge < -0.3 is 10.0 Å². The van der Waals surface area contributed by atoms with E-state index in [-0.39, 0.29) is 11.6 Å². The Hall–Kier alpha value is -2.54. The lowest BCUT2D eigenvalue weighted by molar-refractivity contribution is 0.0692. The molecule has 0 bridgehead atoms. The predicted molar refractivity (Wildman–Crippen MR) is 120 cm³/mol. The summed E-state index contributed by atoms with van der Waals surface area (Å²) in [6, 6.07) is 18.3. The third-order valence-corrected chi connectivity index (χ3v) is 6.71. The van der Waals surface area contributed by atoms with Crippen LogP contribution in [0, 0.1) is 5.82 Å². The summed E-state index contributed by atoms with van der Waals surface area (Å²) in [5.41, 5.74) is 2.91. The minimum Gasteiger partial charge on any atom is -0.478 e. The van der Waals surface area contributed by atoms with E-state index in [1.165, 1.54) is 12.1 Å². The van der Waals surface area contributed by atoms with Crippen molar-refractivity contribution in [1.29, 1.82) is 0 Å². The maximum atomic E-state index is 13.9. The number of halogens is 2. The molecule has 7 heteroatoms. The minimum absolute atomic E-state index is 0.272. The molecule has 4 nitrogen and oxygen atoms in total. The third-order valence-electron chi connectivity index (χ3n) is 5.22. The van der Waals surface area contributed by atoms with E-state index in [9.17, 15) is 14.3 Å². The standard InChI is InChI=1S/C23H20ClFN2O2S/c1-14-13-27(16-6-4-3-5-7-16)21-12-19(24)17(11-22(21)30-26(14)2)15-8-9-20(25)18(10-15)23(28)29/h3-12,14H,13H2,1-2H3,(H,28,29)/t14-/m1/s1. The van der Waals surface area contributed by atoms with Crippen molar-refractivity contribution in [2.75, 3.05) is 18.5 Å². The largest absolute Gasteiger partial charge is 0.478 e. The number of rotatable bonds is 3. The van der Waals surface area contributed by atoms with Crippen LogP contribution >= 0.6 is 23.5 Å². The Morgan fingerprint density at radius 1 is 1.17 bits per heavy atom. The number of hydrogen-bond acceptors (Lipinski definition) is 4. The van der Waals surface area contributed by atoms with Gasteiger partial charge in [0, 0.05) is 28.7 Å². The Bertz CT molecular complexity index is 1110. The molecular weight excluding hydrogens is 423 g/mol. The second-order valence-corrected chi connectivity index (χ2v) is 8.84. The molecule has 0 spiro atoms. The Balaban J connectivity index is 1.86. The number of benzene rings is 3. The molecule has 1 N–H and O–H groups in total. The second-order valence-electron chi connectivity index (χ2n) is 7.23. The maximum Gasteiger partial charge on any atom is 0.338 e. The highest BCUT2D eigenvalue weighted by Crippen LogP contribution is 2.44. The molecule has 0 aromatic heterocycles. The number of likely N-dealkylation sites (N-methyl/N-ethyl adjacent to an activating group) is 1. The number of para-hydroxylation sites is 1. The first kappa shape index (κ1) is 20.7. The predicted octanol–water partition coefficient (Wildman–Crippen LogP) is 6.32. The van der Waals surface area contributed by atoms with Gasteiger partial charge >= 0.3 is 5.97 Å². The summed E-state index contributed by atoms with van der Waals surface area (Å²) in [6.45, 7) is 2.95. The molecule has 3 aromatic rings. The number of anilines is 2. The van der Waals surface area contributed by atoms with E-state index >= 15 is 0 Å². The Morgan fingerprint density at radius 3 is 2.60 bits per heavy atom. The van der Waals surface area contributed by atoms with Gasteiger partial charge in [-0.15, -0.1) is 0 Å². The van der Waals surface area contributed by atoms with Crippen molar-refractivity contribution in [2.45, 2.75) is 17.9 Å². The summed E-state index contributed by atoms with van der Waals surface area (Å²) < 4.78 is 16.1. The number of carboxylic acids is 1. The molecule has 0 fully saturated rings. The van der Waals surface area contributed by atoms with Crippen LogP contribution < -0.4 is 4.90 Å². The van der Waals surface area contributed by atoms with E-state index in [0.717, 1.165) is 22.8 Å². The highest BCUT2D eigenvalue weighted by molar-refractivity contribution is 7.97. The van der Waals surface area contributed by atoms with Crippen molar-refractivity contribution in [3.8, 4) is 11.1 Å². The molecule has 1 aliphatic rings. The summed E-state index contributed by atoms with van der Waals surface area (Å²) in [7, 11) is 2.04. The first-order chi connectivity index (χ1) is 14.3. The summed E-state index contributed by atoms with van der Waals surface area (Å²) in [4.78, 5) is 14.6. The van der Waals surface area contributed by atoms with Crippen molar-refractivity contribution in [1.82, 2.24) is 4.31 Å². The zero-order valence-electron chi connectivity index (χ0n) is 16.5. The van der Waals surface area contributed by atoms with Crippen LogP contribution in [0.25, 0.3) is 11.1 Å². The fourth-order valence-corrected chi connectivity index (χ4v) is 4.74. The maximum absolute atomic E-state index is 13.9. The van der Waals surface area contributed by atoms with E-state index in [1.54, 1.807) is 18.0 Å². The number of carbonyl (C=O) groups is 1. The normalized spacial score (nSPS) is 16.8. The molecule has 1 heterocycles. The van der Waals surface area contributed by atoms with Gasteiger partial charge in [0.15, 0.2) is 0 Å². The van der Waals surface area contributed by atoms with E-state index in [2.05, 4.69) is 28.3 Å². The van der Waals surface area contributed by atoms with Gasteiger partial charge in [0.25, 0.3) is 0 Å². The van der Waals surface area contributed by atoms with Gasteiger partial charge in [0.2, 0.25) is 0 Å². The van der Waals surface area contributed by atoms with Gasteiger partial charge in [-0.3, -0.25) is 0 Å². The monoisotopic (exact) mass is 442 g/mol. The average Bonchev–Trinajstić information content (AvgIpc) is 2.85. The van der Waals surface area contributed by atoms with Gasteiger partial charge in [0.1, 0.15) is 5.82 Å². The highest BCUT2D eigenvalue weighted by atomic mass is 35.5. The van der Waals surface area contributed by atoms with Crippen molar-refractivity contribution >= 4 is 40.9 Å². The molecule has 0 amide bonds. The van der Waals surface area contributed by atoms with Gasteiger partial charge in [-0.2, -0.15) is 0 Å². The molecule has 1 atom stereocenters. The molecule has 0 saturated heterocycles. The summed E-state index contributed by atoms with van der Waals surface area (Å²) in [5, 5.41) is 9.75. The van der Waals surface area contributed by atoms with Crippen molar-refractivity contribution in [3.63, 3.8) is 0 Å². The fourth-order valence-electron chi connectivity index (χ4n) is 3.48. The van der Waals surface area contributed by atoms with Crippen LogP contribution in [0.15, 0.2) is 65.6 Å². The van der Waals surface area contributed by atoms with Crippen molar-refractivity contribution < 1.29 is 14.3 Å². The van der Waals surface area contributed by atoms with Crippen LogP contribution in [-0.2, 0) is 0 Å². The SMILES string of the molecule is C[C@@H]1CN(c2ccccc2)c2cc(Cl)c(-c3ccc(F)c(C(=O)O)c3)cc2SN1C. The van der Waals surface area contributed by atoms with Crippen LogP contribution in [0.5, 0.6) is 0 Å². The van der Waals surface area contributed by atoms with Crippen LogP contribution in [0.2, 0.25) is 5.02 Å². The van der Waals surface area contributed by atoms with Crippen LogP contribution in [0.3, 0.4) is 0 Å². The quantitative estimate of drug-likeness (QED) is 0.480. The van der Waals surface area contributed by atoms with Gasteiger partial charge in [-0.05, 0) is 67.9 Å². The summed E-state index contributed by atoms with van der Waals surface area (Å²) in [5.74, 6) is -2.08. The Labute approximate surface area is 184 Å². The molecule has 0 aliphatic carbocycles. The molecule has 0 radical (unpaired) electrons. The van der Waals surface area contributed by atoms with E-state index < -0.39 is 11.8 Å². The molecule has 0 saturated carbocycles. The number of hydrogen-bond donors (Lipinski definition) is 1. The van der Waals surface area contributed by atoms with E-state index in [4.69, 9.17) is 11.6 Å². The molecule has 1 aliphatic heterocycles. The molecule has 154 valence electrons. The topological polar surface area (TPSA) is 43.8 Å². The summed E-state index contributed by atoms with van der Waals surface area (Å²) in [6.07, 6.45) is 0. The zero-order valence-corrected chi connectivity index (χ0v) is 18.0. The van der Waals surface area contributed by atoms with E-state index in [1.807, 2.05) is 37.4 Å². The Kier molecular flexibility index (Phi) is 5.73. The van der Waals surface area contributed by atoms with Crippen LogP contribution in [0.1, 0.15) is 17.3 Å². The number of aromatic carboxylic acids is 1. The summed E-state index contributed by atoms with van der Waals surface area (Å²) >= 11 is 8.27.